The molecule has 1 aromatic carbocycles. The first-order valence-corrected chi connectivity index (χ1v) is 9.32. The fraction of sp³-hybridized carbons (Fsp3) is 0.350. The molecule has 1 N–H and O–H groups in total. The van der Waals surface area contributed by atoms with Crippen LogP contribution in [0.2, 0.25) is 0 Å². The van der Waals surface area contributed by atoms with Crippen molar-refractivity contribution in [2.24, 2.45) is 7.05 Å². The molecule has 31 heavy (non-hydrogen) atoms. The molecule has 3 aromatic rings. The summed E-state index contributed by atoms with van der Waals surface area (Å²) in [7, 11) is 2.72. The third-order valence-corrected chi connectivity index (χ3v) is 4.94. The van der Waals surface area contributed by atoms with Gasteiger partial charge in [-0.1, -0.05) is 6.92 Å². The molecule has 2 heterocycles. The Balaban J connectivity index is 2.11. The van der Waals surface area contributed by atoms with Gasteiger partial charge < -0.3 is 10.1 Å². The van der Waals surface area contributed by atoms with Crippen molar-refractivity contribution in [2.45, 2.75) is 32.5 Å². The van der Waals surface area contributed by atoms with Crippen LogP contribution >= 0.6 is 0 Å². The lowest BCUT2D eigenvalue weighted by molar-refractivity contribution is -0.138. The Morgan fingerprint density at radius 2 is 1.90 bits per heavy atom. The number of carbonyl (C=O) groups is 1. The van der Waals surface area contributed by atoms with Crippen molar-refractivity contribution in [3.8, 4) is 0 Å². The third-order valence-electron chi connectivity index (χ3n) is 4.94. The van der Waals surface area contributed by atoms with Crippen LogP contribution in [-0.4, -0.2) is 32.6 Å². The van der Waals surface area contributed by atoms with E-state index in [4.69, 9.17) is 0 Å². The molecule has 1 unspecified atom stereocenters. The van der Waals surface area contributed by atoms with E-state index in [9.17, 15) is 22.8 Å². The van der Waals surface area contributed by atoms with Crippen molar-refractivity contribution >= 4 is 22.8 Å². The van der Waals surface area contributed by atoms with Gasteiger partial charge in [0, 0.05) is 19.4 Å². The highest BCUT2D eigenvalue weighted by Crippen LogP contribution is 2.38. The number of fused-ring (bicyclic) bond motifs is 1. The first-order valence-electron chi connectivity index (χ1n) is 9.32. The Morgan fingerprint density at radius 1 is 1.26 bits per heavy atom. The minimum absolute atomic E-state index is 0.0230. The molecule has 8 nitrogen and oxygen atoms in total. The van der Waals surface area contributed by atoms with Crippen LogP contribution in [0, 0.1) is 6.92 Å². The number of hydrogen-bond acceptors (Lipinski definition) is 7. The molecule has 0 amide bonds. The zero-order chi connectivity index (χ0) is 22.9. The van der Waals surface area contributed by atoms with Crippen LogP contribution < -0.4 is 10.9 Å². The highest BCUT2D eigenvalue weighted by atomic mass is 19.4. The predicted octanol–water partition coefficient (Wildman–Crippen LogP) is 3.40. The SMILES string of the molecule is CCC(Nc1ncc(C(=O)OC)cn1)c1cc2c(=O)n(C)c(C)nc2cc1C(F)(F)F. The molecule has 0 spiro atoms. The normalized spacial score (nSPS) is 12.6. The summed E-state index contributed by atoms with van der Waals surface area (Å²) in [5.74, 6) is -0.295. The van der Waals surface area contributed by atoms with Crippen LogP contribution in [0.4, 0.5) is 19.1 Å². The van der Waals surface area contributed by atoms with Crippen LogP contribution in [-0.2, 0) is 18.0 Å². The Labute approximate surface area is 175 Å². The fourth-order valence-electron chi connectivity index (χ4n) is 3.16. The van der Waals surface area contributed by atoms with Gasteiger partial charge in [0.25, 0.3) is 5.56 Å². The average molecular weight is 435 g/mol. The van der Waals surface area contributed by atoms with E-state index < -0.39 is 29.3 Å². The zero-order valence-corrected chi connectivity index (χ0v) is 17.2. The molecule has 0 radical (unpaired) electrons. The highest BCUT2D eigenvalue weighted by molar-refractivity contribution is 5.88. The lowest BCUT2D eigenvalue weighted by Crippen LogP contribution is -2.23. The van der Waals surface area contributed by atoms with Gasteiger partial charge in [-0.05, 0) is 31.0 Å². The molecule has 2 aromatic heterocycles. The second-order valence-electron chi connectivity index (χ2n) is 6.87. The number of hydrogen-bond donors (Lipinski definition) is 1. The molecular formula is C20H20F3N5O3. The van der Waals surface area contributed by atoms with Crippen LogP contribution in [0.15, 0.2) is 29.3 Å². The maximum absolute atomic E-state index is 13.9. The molecule has 0 fully saturated rings. The summed E-state index contributed by atoms with van der Waals surface area (Å²) >= 11 is 0. The van der Waals surface area contributed by atoms with E-state index in [0.717, 1.165) is 6.07 Å². The van der Waals surface area contributed by atoms with Gasteiger partial charge in [0.05, 0.1) is 35.2 Å². The molecule has 0 bridgehead atoms. The average Bonchev–Trinajstić information content (AvgIpc) is 2.74. The van der Waals surface area contributed by atoms with E-state index in [1.807, 2.05) is 0 Å². The summed E-state index contributed by atoms with van der Waals surface area (Å²) in [5, 5.41) is 2.93. The van der Waals surface area contributed by atoms with E-state index in [0.29, 0.717) is 5.82 Å². The van der Waals surface area contributed by atoms with Gasteiger partial charge in [-0.25, -0.2) is 19.7 Å². The number of ether oxygens (including phenoxy) is 1. The van der Waals surface area contributed by atoms with E-state index in [-0.39, 0.29) is 34.4 Å². The van der Waals surface area contributed by atoms with Crippen molar-refractivity contribution in [1.82, 2.24) is 19.5 Å². The minimum Gasteiger partial charge on any atom is -0.465 e. The van der Waals surface area contributed by atoms with Gasteiger partial charge in [0.1, 0.15) is 5.82 Å². The monoisotopic (exact) mass is 435 g/mol. The fourth-order valence-corrected chi connectivity index (χ4v) is 3.16. The molecular weight excluding hydrogens is 415 g/mol. The number of anilines is 1. The Morgan fingerprint density at radius 3 is 2.45 bits per heavy atom. The van der Waals surface area contributed by atoms with Crippen LogP contribution in [0.3, 0.4) is 0 Å². The molecule has 3 rings (SSSR count). The summed E-state index contributed by atoms with van der Waals surface area (Å²) in [5.41, 5.74) is -1.37. The van der Waals surface area contributed by atoms with Gasteiger partial charge in [0.15, 0.2) is 0 Å². The van der Waals surface area contributed by atoms with Crippen molar-refractivity contribution in [1.29, 1.82) is 0 Å². The number of nitrogens with one attached hydrogen (secondary N) is 1. The number of alkyl halides is 3. The van der Waals surface area contributed by atoms with Crippen molar-refractivity contribution in [2.75, 3.05) is 12.4 Å². The Kier molecular flexibility index (Phi) is 5.96. The maximum Gasteiger partial charge on any atom is 0.416 e. The number of esters is 1. The topological polar surface area (TPSA) is 99.0 Å². The summed E-state index contributed by atoms with van der Waals surface area (Å²) in [6, 6.07) is 1.26. The molecule has 11 heteroatoms. The van der Waals surface area contributed by atoms with Gasteiger partial charge in [0.2, 0.25) is 5.95 Å². The molecule has 0 aliphatic heterocycles. The third kappa shape index (κ3) is 4.35. The van der Waals surface area contributed by atoms with Crippen molar-refractivity contribution < 1.29 is 22.7 Å². The lowest BCUT2D eigenvalue weighted by atomic mass is 9.96. The predicted molar refractivity (Wildman–Crippen MR) is 107 cm³/mol. The largest absolute Gasteiger partial charge is 0.465 e. The van der Waals surface area contributed by atoms with Crippen molar-refractivity contribution in [3.05, 3.63) is 57.4 Å². The number of halogens is 3. The second-order valence-corrected chi connectivity index (χ2v) is 6.87. The molecule has 1 atom stereocenters. The molecule has 0 aliphatic carbocycles. The van der Waals surface area contributed by atoms with Gasteiger partial charge in [-0.15, -0.1) is 0 Å². The molecule has 164 valence electrons. The molecule has 0 saturated carbocycles. The molecule has 0 aliphatic rings. The number of aromatic nitrogens is 4. The number of methoxy groups -OCH3 is 1. The maximum atomic E-state index is 13.9. The van der Waals surface area contributed by atoms with E-state index in [2.05, 4.69) is 25.0 Å². The Bertz CT molecular complexity index is 1190. The Hall–Kier alpha value is -3.50. The first-order chi connectivity index (χ1) is 14.6. The van der Waals surface area contributed by atoms with E-state index >= 15 is 0 Å². The summed E-state index contributed by atoms with van der Waals surface area (Å²) in [6.07, 6.45) is -2.00. The van der Waals surface area contributed by atoms with Crippen LogP contribution in [0.1, 0.15) is 46.7 Å². The standard InChI is InChI=1S/C20H20F3N5O3/c1-5-15(27-19-24-8-11(9-25-19)18(30)31-4)12-6-13-16(7-14(12)20(21,22)23)26-10(2)28(3)17(13)29/h6-9,15H,5H2,1-4H3,(H,24,25,27). The quantitative estimate of drug-likeness (QED) is 0.613. The number of aryl methyl sites for hydroxylation is 1. The minimum atomic E-state index is -4.66. The molecule has 0 saturated heterocycles. The summed E-state index contributed by atoms with van der Waals surface area (Å²) < 4.78 is 47.4. The highest BCUT2D eigenvalue weighted by Gasteiger charge is 2.36. The lowest BCUT2D eigenvalue weighted by Gasteiger charge is -2.22. The number of rotatable bonds is 5. The second kappa shape index (κ2) is 8.32. The van der Waals surface area contributed by atoms with E-state index in [1.54, 1.807) is 13.8 Å². The van der Waals surface area contributed by atoms with E-state index in [1.165, 1.54) is 37.2 Å². The number of carbonyl (C=O) groups excluding carboxylic acids is 1. The first kappa shape index (κ1) is 22.2. The number of benzene rings is 1. The van der Waals surface area contributed by atoms with Gasteiger partial charge in [-0.3, -0.25) is 9.36 Å². The summed E-state index contributed by atoms with van der Waals surface area (Å²) in [6.45, 7) is 3.24. The summed E-state index contributed by atoms with van der Waals surface area (Å²) in [4.78, 5) is 36.2. The smallest absolute Gasteiger partial charge is 0.416 e. The van der Waals surface area contributed by atoms with Crippen LogP contribution in [0.25, 0.3) is 10.9 Å². The van der Waals surface area contributed by atoms with Gasteiger partial charge >= 0.3 is 12.1 Å². The number of nitrogens with zero attached hydrogens (tertiary/aromatic N) is 4. The van der Waals surface area contributed by atoms with Crippen LogP contribution in [0.5, 0.6) is 0 Å². The van der Waals surface area contributed by atoms with Crippen molar-refractivity contribution in [3.63, 3.8) is 0 Å². The van der Waals surface area contributed by atoms with Gasteiger partial charge in [-0.2, -0.15) is 13.2 Å². The zero-order valence-electron chi connectivity index (χ0n) is 17.2.